The third-order valence-corrected chi connectivity index (χ3v) is 2.39. The van der Waals surface area contributed by atoms with Gasteiger partial charge in [-0.25, -0.2) is 0 Å². The van der Waals surface area contributed by atoms with Gasteiger partial charge < -0.3 is 11.1 Å². The van der Waals surface area contributed by atoms with Gasteiger partial charge in [-0.1, -0.05) is 23.7 Å². The van der Waals surface area contributed by atoms with Crippen molar-refractivity contribution in [3.05, 3.63) is 34.9 Å². The molecule has 1 rings (SSSR count). The zero-order valence-corrected chi connectivity index (χ0v) is 8.79. The molecule has 76 valence electrons. The van der Waals surface area contributed by atoms with Crippen LogP contribution in [0.5, 0.6) is 0 Å². The Kier molecular flexibility index (Phi) is 3.92. The summed E-state index contributed by atoms with van der Waals surface area (Å²) in [4.78, 5) is 11.0. The number of hydrogen-bond donors (Lipinski definition) is 2. The van der Waals surface area contributed by atoms with Gasteiger partial charge in [0.2, 0.25) is 0 Å². The van der Waals surface area contributed by atoms with E-state index in [2.05, 4.69) is 0 Å². The molecule has 0 aromatic heterocycles. The summed E-state index contributed by atoms with van der Waals surface area (Å²) in [6.45, 7) is 0. The van der Waals surface area contributed by atoms with Crippen LogP contribution in [0.2, 0.25) is 5.02 Å². The molecule has 0 heterocycles. The van der Waals surface area contributed by atoms with Crippen LogP contribution in [-0.4, -0.2) is 19.0 Å². The Labute approximate surface area is 88.2 Å². The largest absolute Gasteiger partial charge is 0.365 e. The summed E-state index contributed by atoms with van der Waals surface area (Å²) in [5.41, 5.74) is 6.29. The maximum absolute atomic E-state index is 11.0. The van der Waals surface area contributed by atoms with Gasteiger partial charge in [-0.3, -0.25) is 4.79 Å². The second-order valence-electron chi connectivity index (χ2n) is 3.17. The highest BCUT2D eigenvalue weighted by molar-refractivity contribution is 6.30. The van der Waals surface area contributed by atoms with Crippen LogP contribution >= 0.6 is 11.6 Å². The molecule has 0 radical (unpaired) electrons. The highest BCUT2D eigenvalue weighted by atomic mass is 35.5. The Morgan fingerprint density at radius 3 is 2.50 bits per heavy atom. The summed E-state index contributed by atoms with van der Waals surface area (Å²) < 4.78 is 0. The first-order valence-electron chi connectivity index (χ1n) is 4.46. The number of benzene rings is 1. The van der Waals surface area contributed by atoms with Crippen LogP contribution in [-0.2, 0) is 11.2 Å². The van der Waals surface area contributed by atoms with Gasteiger partial charge in [-0.05, 0) is 17.7 Å². The molecule has 1 atom stereocenters. The predicted molar refractivity (Wildman–Crippen MR) is 56.0 cm³/mol. The first kappa shape index (κ1) is 11.0. The van der Waals surface area contributed by atoms with Crippen LogP contribution in [0.3, 0.4) is 0 Å². The summed E-state index contributed by atoms with van der Waals surface area (Å²) in [6, 6.07) is 7.23. The Hall–Kier alpha value is -1.06. The average molecular weight is 214 g/mol. The zero-order chi connectivity index (χ0) is 10.6. The van der Waals surface area contributed by atoms with Crippen LogP contribution in [0.4, 0.5) is 0 Å². The van der Waals surface area contributed by atoms with E-state index in [4.69, 9.17) is 17.3 Å². The highest BCUT2D eigenvalue weighted by Crippen LogP contribution is 2.10. The third-order valence-electron chi connectivity index (χ3n) is 2.14. The molecule has 1 aromatic carbocycles. The smallest absolute Gasteiger partial charge is 0.276 e. The first-order chi connectivity index (χ1) is 6.63. The zero-order valence-electron chi connectivity index (χ0n) is 8.03. The van der Waals surface area contributed by atoms with Crippen molar-refractivity contribution < 1.29 is 10.1 Å². The van der Waals surface area contributed by atoms with E-state index in [0.29, 0.717) is 11.4 Å². The fourth-order valence-corrected chi connectivity index (χ4v) is 1.38. The number of primary amides is 1. The van der Waals surface area contributed by atoms with E-state index < -0.39 is 0 Å². The van der Waals surface area contributed by atoms with Crippen molar-refractivity contribution in [2.45, 2.75) is 12.5 Å². The number of halogens is 1. The van der Waals surface area contributed by atoms with Crippen LogP contribution in [0, 0.1) is 0 Å². The number of quaternary nitrogens is 1. The number of rotatable bonds is 4. The van der Waals surface area contributed by atoms with E-state index in [1.165, 1.54) is 0 Å². The lowest BCUT2D eigenvalue weighted by molar-refractivity contribution is -0.649. The molecular weight excluding hydrogens is 200 g/mol. The summed E-state index contributed by atoms with van der Waals surface area (Å²) in [5, 5.41) is 2.52. The molecule has 0 fully saturated rings. The van der Waals surface area contributed by atoms with Crippen molar-refractivity contribution in [3.8, 4) is 0 Å². The fraction of sp³-hybridized carbons (Fsp3) is 0.300. The number of likely N-dealkylation sites (N-methyl/N-ethyl adjacent to an activating group) is 1. The summed E-state index contributed by atoms with van der Waals surface area (Å²) in [5.74, 6) is -0.289. The van der Waals surface area contributed by atoms with Crippen molar-refractivity contribution >= 4 is 17.5 Å². The van der Waals surface area contributed by atoms with Crippen molar-refractivity contribution in [2.24, 2.45) is 5.73 Å². The van der Waals surface area contributed by atoms with Gasteiger partial charge in [0.05, 0.1) is 7.05 Å². The third kappa shape index (κ3) is 3.01. The molecule has 4 N–H and O–H groups in total. The van der Waals surface area contributed by atoms with Gasteiger partial charge in [-0.15, -0.1) is 0 Å². The maximum Gasteiger partial charge on any atom is 0.276 e. The summed E-state index contributed by atoms with van der Waals surface area (Å²) in [6.07, 6.45) is 0.642. The number of carbonyl (C=O) groups excluding carboxylic acids is 1. The fourth-order valence-electron chi connectivity index (χ4n) is 1.26. The first-order valence-corrected chi connectivity index (χ1v) is 4.84. The average Bonchev–Trinajstić information content (AvgIpc) is 2.16. The lowest BCUT2D eigenvalue weighted by Crippen LogP contribution is -2.89. The molecule has 0 spiro atoms. The van der Waals surface area contributed by atoms with E-state index in [-0.39, 0.29) is 11.9 Å². The van der Waals surface area contributed by atoms with Crippen molar-refractivity contribution in [1.29, 1.82) is 0 Å². The van der Waals surface area contributed by atoms with Crippen molar-refractivity contribution in [1.82, 2.24) is 0 Å². The minimum Gasteiger partial charge on any atom is -0.365 e. The Morgan fingerprint density at radius 1 is 1.50 bits per heavy atom. The van der Waals surface area contributed by atoms with E-state index >= 15 is 0 Å². The van der Waals surface area contributed by atoms with Crippen LogP contribution in [0.1, 0.15) is 5.56 Å². The molecule has 1 aromatic rings. The SMILES string of the molecule is C[NH2+]C(Cc1ccc(Cl)cc1)C(N)=O. The van der Waals surface area contributed by atoms with E-state index in [9.17, 15) is 4.79 Å². The standard InChI is InChI=1S/C10H13ClN2O/c1-13-9(10(12)14)6-7-2-4-8(11)5-3-7/h2-5,9,13H,6H2,1H3,(H2,12,14)/p+1. The summed E-state index contributed by atoms with van der Waals surface area (Å²) >= 11 is 5.75. The molecule has 14 heavy (non-hydrogen) atoms. The second kappa shape index (κ2) is 4.98. The van der Waals surface area contributed by atoms with Gasteiger partial charge in [0, 0.05) is 11.4 Å². The Bertz CT molecular complexity index is 310. The minimum atomic E-state index is -0.289. The lowest BCUT2D eigenvalue weighted by Gasteiger charge is -2.08. The normalized spacial score (nSPS) is 12.4. The molecule has 1 amide bonds. The maximum atomic E-state index is 11.0. The summed E-state index contributed by atoms with van der Waals surface area (Å²) in [7, 11) is 1.84. The van der Waals surface area contributed by atoms with E-state index in [1.54, 1.807) is 0 Å². The minimum absolute atomic E-state index is 0.198. The number of carbonyl (C=O) groups is 1. The lowest BCUT2D eigenvalue weighted by atomic mass is 10.1. The number of amides is 1. The van der Waals surface area contributed by atoms with E-state index in [0.717, 1.165) is 5.56 Å². The van der Waals surface area contributed by atoms with Crippen LogP contribution in [0.25, 0.3) is 0 Å². The van der Waals surface area contributed by atoms with Crippen LogP contribution < -0.4 is 11.1 Å². The Balaban J connectivity index is 2.67. The van der Waals surface area contributed by atoms with Gasteiger partial charge in [0.1, 0.15) is 0 Å². The molecule has 3 nitrogen and oxygen atoms in total. The molecule has 0 aliphatic carbocycles. The molecule has 0 aliphatic rings. The second-order valence-corrected chi connectivity index (χ2v) is 3.61. The van der Waals surface area contributed by atoms with Crippen molar-refractivity contribution in [3.63, 3.8) is 0 Å². The van der Waals surface area contributed by atoms with Gasteiger partial charge in [0.25, 0.3) is 5.91 Å². The molecule has 0 aliphatic heterocycles. The highest BCUT2D eigenvalue weighted by Gasteiger charge is 2.16. The Morgan fingerprint density at radius 2 is 2.07 bits per heavy atom. The van der Waals surface area contributed by atoms with Gasteiger partial charge in [0.15, 0.2) is 6.04 Å². The van der Waals surface area contributed by atoms with E-state index in [1.807, 2.05) is 36.6 Å². The van der Waals surface area contributed by atoms with Crippen LogP contribution in [0.15, 0.2) is 24.3 Å². The van der Waals surface area contributed by atoms with Crippen molar-refractivity contribution in [2.75, 3.05) is 7.05 Å². The topological polar surface area (TPSA) is 59.7 Å². The van der Waals surface area contributed by atoms with Gasteiger partial charge in [-0.2, -0.15) is 0 Å². The number of nitrogens with two attached hydrogens (primary N) is 2. The molecule has 0 saturated carbocycles. The van der Waals surface area contributed by atoms with Gasteiger partial charge >= 0.3 is 0 Å². The molecular formula is C10H14ClN2O+. The molecule has 0 saturated heterocycles. The predicted octanol–water partition coefficient (Wildman–Crippen LogP) is -0.0704. The molecule has 4 heteroatoms. The number of hydrogen-bond acceptors (Lipinski definition) is 1. The monoisotopic (exact) mass is 213 g/mol. The molecule has 1 unspecified atom stereocenters. The quantitative estimate of drug-likeness (QED) is 0.723. The molecule has 0 bridgehead atoms.